The van der Waals surface area contributed by atoms with Crippen molar-refractivity contribution < 1.29 is 14.3 Å². The Kier molecular flexibility index (Phi) is 5.54. The number of carbonyl (C=O) groups is 2. The van der Waals surface area contributed by atoms with Crippen LogP contribution < -0.4 is 16.0 Å². The van der Waals surface area contributed by atoms with Gasteiger partial charge in [-0.25, -0.2) is 9.78 Å². The molecule has 0 aliphatic carbocycles. The number of primary amides is 1. The fourth-order valence-corrected chi connectivity index (χ4v) is 2.71. The summed E-state index contributed by atoms with van der Waals surface area (Å²) in [7, 11) is 0. The Morgan fingerprint density at radius 1 is 1.33 bits per heavy atom. The number of alkyl carbamates (subject to hydrolysis) is 1. The number of hydrogen-bond donors (Lipinski definition) is 2. The zero-order valence-corrected chi connectivity index (χ0v) is 14.9. The number of hydrogen-bond acceptors (Lipinski definition) is 5. The van der Waals surface area contributed by atoms with Crippen LogP contribution in [-0.4, -0.2) is 41.7 Å². The molecule has 132 valence electrons. The van der Waals surface area contributed by atoms with Crippen LogP contribution in [0.2, 0.25) is 5.15 Å². The molecule has 1 saturated heterocycles. The molecule has 24 heavy (non-hydrogen) atoms. The molecule has 0 unspecified atom stereocenters. The fourth-order valence-electron chi connectivity index (χ4n) is 2.57. The molecule has 2 heterocycles. The Labute approximate surface area is 146 Å². The summed E-state index contributed by atoms with van der Waals surface area (Å²) in [4.78, 5) is 29.6. The van der Waals surface area contributed by atoms with E-state index in [9.17, 15) is 9.59 Å². The summed E-state index contributed by atoms with van der Waals surface area (Å²) in [5.41, 5.74) is 5.22. The van der Waals surface area contributed by atoms with Gasteiger partial charge in [-0.3, -0.25) is 4.79 Å². The van der Waals surface area contributed by atoms with Crippen molar-refractivity contribution >= 4 is 29.4 Å². The summed E-state index contributed by atoms with van der Waals surface area (Å²) < 4.78 is 5.26. The highest BCUT2D eigenvalue weighted by molar-refractivity contribution is 6.29. The van der Waals surface area contributed by atoms with Gasteiger partial charge in [0.25, 0.3) is 5.91 Å². The van der Waals surface area contributed by atoms with Crippen molar-refractivity contribution in [2.24, 2.45) is 5.73 Å². The van der Waals surface area contributed by atoms with Gasteiger partial charge in [-0.2, -0.15) is 0 Å². The van der Waals surface area contributed by atoms with E-state index in [0.717, 1.165) is 0 Å². The third kappa shape index (κ3) is 4.99. The van der Waals surface area contributed by atoms with Gasteiger partial charge in [0.1, 0.15) is 16.6 Å². The first-order chi connectivity index (χ1) is 11.2. The number of amides is 2. The molecule has 8 heteroatoms. The Bertz CT molecular complexity index is 622. The number of anilines is 1. The summed E-state index contributed by atoms with van der Waals surface area (Å²) >= 11 is 5.94. The van der Waals surface area contributed by atoms with Gasteiger partial charge in [-0.1, -0.05) is 11.6 Å². The minimum atomic E-state index is -0.539. The molecule has 1 aliphatic rings. The third-order valence-electron chi connectivity index (χ3n) is 3.62. The maximum Gasteiger partial charge on any atom is 0.407 e. The lowest BCUT2D eigenvalue weighted by molar-refractivity contribution is 0.0497. The first-order valence-electron chi connectivity index (χ1n) is 7.86. The molecule has 0 aromatic carbocycles. The van der Waals surface area contributed by atoms with Crippen molar-refractivity contribution in [1.29, 1.82) is 0 Å². The van der Waals surface area contributed by atoms with E-state index in [1.54, 1.807) is 12.1 Å². The van der Waals surface area contributed by atoms with Crippen LogP contribution in [0.3, 0.4) is 0 Å². The molecule has 2 amide bonds. The highest BCUT2D eigenvalue weighted by atomic mass is 35.5. The minimum absolute atomic E-state index is 0.0207. The van der Waals surface area contributed by atoms with E-state index in [1.165, 1.54) is 0 Å². The summed E-state index contributed by atoms with van der Waals surface area (Å²) in [6.45, 7) is 6.74. The van der Waals surface area contributed by atoms with Crippen molar-refractivity contribution in [3.63, 3.8) is 0 Å². The standard InChI is InChI=1S/C16H23ClN4O3/c1-16(2,3)24-15(23)19-10-6-8-21(9-7-10)14-11(13(18)22)4-5-12(17)20-14/h4-5,10H,6-9H2,1-3H3,(H2,18,22)(H,19,23). The quantitative estimate of drug-likeness (QED) is 0.812. The topological polar surface area (TPSA) is 97.6 Å². The van der Waals surface area contributed by atoms with Gasteiger partial charge in [0.2, 0.25) is 0 Å². The number of nitrogens with two attached hydrogens (primary N) is 1. The van der Waals surface area contributed by atoms with E-state index in [2.05, 4.69) is 10.3 Å². The predicted molar refractivity (Wildman–Crippen MR) is 92.4 cm³/mol. The fraction of sp³-hybridized carbons (Fsp3) is 0.562. The number of halogens is 1. The lowest BCUT2D eigenvalue weighted by Crippen LogP contribution is -2.46. The number of nitrogens with zero attached hydrogens (tertiary/aromatic N) is 2. The van der Waals surface area contributed by atoms with Gasteiger partial charge in [-0.15, -0.1) is 0 Å². The van der Waals surface area contributed by atoms with Gasteiger partial charge in [0.05, 0.1) is 5.56 Å². The highest BCUT2D eigenvalue weighted by Crippen LogP contribution is 2.24. The van der Waals surface area contributed by atoms with Gasteiger partial charge in [-0.05, 0) is 45.7 Å². The summed E-state index contributed by atoms with van der Waals surface area (Å²) in [6, 6.07) is 3.15. The average molecular weight is 355 g/mol. The zero-order chi connectivity index (χ0) is 17.9. The molecule has 1 aromatic rings. The van der Waals surface area contributed by atoms with Crippen LogP contribution in [0.4, 0.5) is 10.6 Å². The number of carbonyl (C=O) groups excluding carboxylic acids is 2. The normalized spacial score (nSPS) is 15.9. The highest BCUT2D eigenvalue weighted by Gasteiger charge is 2.26. The van der Waals surface area contributed by atoms with E-state index in [0.29, 0.717) is 42.5 Å². The van der Waals surface area contributed by atoms with Crippen molar-refractivity contribution in [3.8, 4) is 0 Å². The molecule has 1 aliphatic heterocycles. The van der Waals surface area contributed by atoms with Gasteiger partial charge in [0.15, 0.2) is 0 Å². The molecule has 3 N–H and O–H groups in total. The van der Waals surface area contributed by atoms with Crippen LogP contribution in [0.1, 0.15) is 44.0 Å². The third-order valence-corrected chi connectivity index (χ3v) is 3.83. The van der Waals surface area contributed by atoms with Crippen LogP contribution in [-0.2, 0) is 4.74 Å². The molecule has 1 fully saturated rings. The number of piperidine rings is 1. The molecule has 0 bridgehead atoms. The Morgan fingerprint density at radius 3 is 2.50 bits per heavy atom. The minimum Gasteiger partial charge on any atom is -0.444 e. The van der Waals surface area contributed by atoms with E-state index < -0.39 is 17.6 Å². The molecule has 0 saturated carbocycles. The average Bonchev–Trinajstić information content (AvgIpc) is 2.45. The lowest BCUT2D eigenvalue weighted by atomic mass is 10.0. The summed E-state index contributed by atoms with van der Waals surface area (Å²) in [5.74, 6) is -0.0473. The number of aromatic nitrogens is 1. The van der Waals surface area contributed by atoms with E-state index in [-0.39, 0.29) is 6.04 Å². The maximum atomic E-state index is 11.8. The lowest BCUT2D eigenvalue weighted by Gasteiger charge is -2.34. The molecular formula is C16H23ClN4O3. The zero-order valence-electron chi connectivity index (χ0n) is 14.1. The van der Waals surface area contributed by atoms with Gasteiger partial charge >= 0.3 is 6.09 Å². The summed E-state index contributed by atoms with van der Waals surface area (Å²) in [5, 5.41) is 3.18. The smallest absolute Gasteiger partial charge is 0.407 e. The van der Waals surface area contributed by atoms with Crippen LogP contribution in [0, 0.1) is 0 Å². The second-order valence-electron chi connectivity index (χ2n) is 6.78. The molecule has 2 rings (SSSR count). The Morgan fingerprint density at radius 2 is 1.96 bits per heavy atom. The number of pyridine rings is 1. The Hall–Kier alpha value is -2.02. The van der Waals surface area contributed by atoms with Crippen LogP contribution in [0.25, 0.3) is 0 Å². The molecule has 7 nitrogen and oxygen atoms in total. The molecule has 1 aromatic heterocycles. The second-order valence-corrected chi connectivity index (χ2v) is 7.16. The van der Waals surface area contributed by atoms with Gasteiger partial charge in [0, 0.05) is 19.1 Å². The van der Waals surface area contributed by atoms with Crippen LogP contribution >= 0.6 is 11.6 Å². The molecule has 0 atom stereocenters. The van der Waals surface area contributed by atoms with Crippen LogP contribution in [0.15, 0.2) is 12.1 Å². The van der Waals surface area contributed by atoms with Crippen LogP contribution in [0.5, 0.6) is 0 Å². The first kappa shape index (κ1) is 18.3. The number of rotatable bonds is 3. The molecule has 0 radical (unpaired) electrons. The monoisotopic (exact) mass is 354 g/mol. The first-order valence-corrected chi connectivity index (χ1v) is 8.24. The number of ether oxygens (including phenoxy) is 1. The SMILES string of the molecule is CC(C)(C)OC(=O)NC1CCN(c2nc(Cl)ccc2C(N)=O)CC1. The number of nitrogens with one attached hydrogen (secondary N) is 1. The van der Waals surface area contributed by atoms with E-state index >= 15 is 0 Å². The van der Waals surface area contributed by atoms with Gasteiger partial charge < -0.3 is 20.7 Å². The van der Waals surface area contributed by atoms with Crippen molar-refractivity contribution in [2.75, 3.05) is 18.0 Å². The Balaban J connectivity index is 1.97. The largest absolute Gasteiger partial charge is 0.444 e. The second kappa shape index (κ2) is 7.25. The van der Waals surface area contributed by atoms with Crippen molar-refractivity contribution in [1.82, 2.24) is 10.3 Å². The van der Waals surface area contributed by atoms with Crippen molar-refractivity contribution in [3.05, 3.63) is 22.8 Å². The molecular weight excluding hydrogens is 332 g/mol. The van der Waals surface area contributed by atoms with E-state index in [4.69, 9.17) is 22.1 Å². The molecule has 0 spiro atoms. The summed E-state index contributed by atoms with van der Waals surface area (Å²) in [6.07, 6.45) is 1.01. The van der Waals surface area contributed by atoms with E-state index in [1.807, 2.05) is 25.7 Å². The predicted octanol–water partition coefficient (Wildman–Crippen LogP) is 2.33. The maximum absolute atomic E-state index is 11.8. The van der Waals surface area contributed by atoms with Crippen molar-refractivity contribution in [2.45, 2.75) is 45.3 Å².